The van der Waals surface area contributed by atoms with Crippen LogP contribution in [0.1, 0.15) is 61.8 Å². The molecule has 1 unspecified atom stereocenters. The first kappa shape index (κ1) is 44.9. The molecule has 3 rings (SSSR count). The van der Waals surface area contributed by atoms with Gasteiger partial charge in [-0.15, -0.1) is 15.4 Å². The molecule has 0 saturated heterocycles. The lowest BCUT2D eigenvalue weighted by molar-refractivity contribution is -0.257. The summed E-state index contributed by atoms with van der Waals surface area (Å²) in [4.78, 5) is 32.1. The summed E-state index contributed by atoms with van der Waals surface area (Å²) in [6.07, 6.45) is 3.94. The van der Waals surface area contributed by atoms with E-state index in [1.54, 1.807) is 0 Å². The normalized spacial score (nSPS) is 15.4. The zero-order valence-corrected chi connectivity index (χ0v) is 31.7. The monoisotopic (exact) mass is 783 g/mol. The molecule has 1 atom stereocenters. The SMILES string of the molecule is C=NOCCOC1(OCC)CCCCCc2c1nnn2CCOCCOCCOCCNC(=O)OCCn1nnc(COCCN=C(N)N)c1CCC(=O)O. The molecule has 6 N–H and O–H groups in total. The zero-order chi connectivity index (χ0) is 39.6. The zero-order valence-electron chi connectivity index (χ0n) is 31.7. The average Bonchev–Trinajstić information content (AvgIpc) is 3.74. The molecule has 2 aromatic rings. The van der Waals surface area contributed by atoms with Gasteiger partial charge in [0.05, 0.1) is 96.9 Å². The van der Waals surface area contributed by atoms with Gasteiger partial charge in [0.25, 0.3) is 0 Å². The highest BCUT2D eigenvalue weighted by atomic mass is 16.7. The first-order chi connectivity index (χ1) is 26.8. The van der Waals surface area contributed by atoms with Gasteiger partial charge in [-0.1, -0.05) is 16.8 Å². The molecule has 0 aliphatic heterocycles. The fourth-order valence-corrected chi connectivity index (χ4v) is 5.63. The van der Waals surface area contributed by atoms with E-state index in [4.69, 9.17) is 54.6 Å². The smallest absolute Gasteiger partial charge is 0.407 e. The van der Waals surface area contributed by atoms with Crippen LogP contribution in [0.3, 0.4) is 0 Å². The third kappa shape index (κ3) is 16.8. The molecular weight excluding hydrogens is 726 g/mol. The van der Waals surface area contributed by atoms with Crippen LogP contribution in [0, 0.1) is 0 Å². The van der Waals surface area contributed by atoms with Crippen LogP contribution in [0.2, 0.25) is 0 Å². The van der Waals surface area contributed by atoms with E-state index in [1.165, 1.54) is 4.68 Å². The van der Waals surface area contributed by atoms with E-state index in [0.29, 0.717) is 69.7 Å². The highest BCUT2D eigenvalue weighted by molar-refractivity contribution is 5.75. The number of aliphatic carboxylic acids is 1. The second kappa shape index (κ2) is 26.3. The van der Waals surface area contributed by atoms with E-state index in [-0.39, 0.29) is 78.1 Å². The predicted octanol–water partition coefficient (Wildman–Crippen LogP) is 0.108. The molecule has 2 aromatic heterocycles. The summed E-state index contributed by atoms with van der Waals surface area (Å²) in [5.41, 5.74) is 13.3. The van der Waals surface area contributed by atoms with Gasteiger partial charge in [0.2, 0.25) is 5.79 Å². The largest absolute Gasteiger partial charge is 0.481 e. The van der Waals surface area contributed by atoms with Crippen LogP contribution in [0.4, 0.5) is 4.79 Å². The number of oxime groups is 1. The van der Waals surface area contributed by atoms with Gasteiger partial charge >= 0.3 is 12.1 Å². The highest BCUT2D eigenvalue weighted by Crippen LogP contribution is 2.36. The van der Waals surface area contributed by atoms with Crippen LogP contribution in [0.25, 0.3) is 0 Å². The van der Waals surface area contributed by atoms with Crippen LogP contribution < -0.4 is 16.8 Å². The van der Waals surface area contributed by atoms with E-state index in [1.807, 2.05) is 11.6 Å². The number of guanidine groups is 1. The number of carbonyl (C=O) groups excluding carboxylic acids is 1. The second-order valence-corrected chi connectivity index (χ2v) is 12.0. The number of carbonyl (C=O) groups is 2. The van der Waals surface area contributed by atoms with Gasteiger partial charge < -0.3 is 59.9 Å². The maximum atomic E-state index is 12.1. The molecule has 0 fully saturated rings. The maximum absolute atomic E-state index is 12.1. The summed E-state index contributed by atoms with van der Waals surface area (Å²) in [7, 11) is 0. The lowest BCUT2D eigenvalue weighted by Crippen LogP contribution is -2.37. The molecule has 2 heterocycles. The topological polar surface area (TPSA) is 278 Å². The minimum absolute atomic E-state index is 0.00736. The van der Waals surface area contributed by atoms with Crippen molar-refractivity contribution in [3.05, 3.63) is 22.8 Å². The number of ether oxygens (including phenoxy) is 7. The van der Waals surface area contributed by atoms with E-state index in [2.05, 4.69) is 42.8 Å². The summed E-state index contributed by atoms with van der Waals surface area (Å²) < 4.78 is 43.3. The molecule has 22 nitrogen and oxygen atoms in total. The Morgan fingerprint density at radius 3 is 2.38 bits per heavy atom. The fraction of sp³-hybridized carbons (Fsp3) is 0.758. The minimum atomic E-state index is -0.985. The third-order valence-electron chi connectivity index (χ3n) is 8.10. The molecule has 1 aliphatic carbocycles. The number of aromatic nitrogens is 6. The van der Waals surface area contributed by atoms with Crippen LogP contribution in [0.5, 0.6) is 0 Å². The number of fused-ring (bicyclic) bond motifs is 1. The second-order valence-electron chi connectivity index (χ2n) is 12.0. The summed E-state index contributed by atoms with van der Waals surface area (Å²) >= 11 is 0. The lowest BCUT2D eigenvalue weighted by atomic mass is 9.95. The number of amides is 1. The van der Waals surface area contributed by atoms with Crippen molar-refractivity contribution in [2.24, 2.45) is 21.6 Å². The van der Waals surface area contributed by atoms with Gasteiger partial charge in [0, 0.05) is 32.7 Å². The van der Waals surface area contributed by atoms with Gasteiger partial charge in [0.1, 0.15) is 24.6 Å². The van der Waals surface area contributed by atoms with Crippen molar-refractivity contribution in [3.63, 3.8) is 0 Å². The summed E-state index contributed by atoms with van der Waals surface area (Å²) in [6.45, 7) is 10.0. The first-order valence-corrected chi connectivity index (χ1v) is 18.5. The summed E-state index contributed by atoms with van der Waals surface area (Å²) in [5, 5.41) is 32.2. The number of nitrogens with one attached hydrogen (secondary N) is 1. The number of carboxylic acids is 1. The van der Waals surface area contributed by atoms with E-state index in [9.17, 15) is 9.59 Å². The molecule has 310 valence electrons. The van der Waals surface area contributed by atoms with E-state index < -0.39 is 17.8 Å². The number of carboxylic acid groups (broad SMARTS) is 1. The van der Waals surface area contributed by atoms with Gasteiger partial charge in [-0.2, -0.15) is 0 Å². The lowest BCUT2D eigenvalue weighted by Gasteiger charge is -2.33. The number of hydrogen-bond acceptors (Lipinski definition) is 16. The van der Waals surface area contributed by atoms with Crippen molar-refractivity contribution in [2.75, 3.05) is 85.8 Å². The van der Waals surface area contributed by atoms with E-state index >= 15 is 0 Å². The van der Waals surface area contributed by atoms with Crippen molar-refractivity contribution in [2.45, 2.75) is 77.4 Å². The Hall–Kier alpha value is -4.48. The number of nitrogens with zero attached hydrogens (tertiary/aromatic N) is 8. The quantitative estimate of drug-likeness (QED) is 0.0269. The minimum Gasteiger partial charge on any atom is -0.481 e. The van der Waals surface area contributed by atoms with Crippen molar-refractivity contribution in [1.29, 1.82) is 0 Å². The Balaban J connectivity index is 1.25. The summed E-state index contributed by atoms with van der Waals surface area (Å²) in [5.74, 6) is -1.99. The predicted molar refractivity (Wildman–Crippen MR) is 195 cm³/mol. The van der Waals surface area contributed by atoms with Crippen molar-refractivity contribution in [1.82, 2.24) is 35.3 Å². The number of aliphatic imine (C=N–C) groups is 1. The van der Waals surface area contributed by atoms with Crippen LogP contribution in [0.15, 0.2) is 10.1 Å². The molecule has 0 spiro atoms. The number of hydrogen-bond donors (Lipinski definition) is 4. The third-order valence-corrected chi connectivity index (χ3v) is 8.10. The number of nitrogens with two attached hydrogens (primary N) is 2. The molecule has 0 saturated carbocycles. The Kier molecular flexibility index (Phi) is 21.5. The van der Waals surface area contributed by atoms with Gasteiger partial charge in [-0.25, -0.2) is 14.2 Å². The number of rotatable bonds is 30. The molecule has 55 heavy (non-hydrogen) atoms. The van der Waals surface area contributed by atoms with Crippen molar-refractivity contribution < 1.29 is 52.7 Å². The highest BCUT2D eigenvalue weighted by Gasteiger charge is 2.40. The van der Waals surface area contributed by atoms with Gasteiger partial charge in [-0.3, -0.25) is 9.79 Å². The molecule has 0 aromatic carbocycles. The molecule has 1 amide bonds. The molecule has 0 bridgehead atoms. The van der Waals surface area contributed by atoms with Gasteiger partial charge in [-0.05, 0) is 26.2 Å². The Bertz CT molecular complexity index is 1440. The van der Waals surface area contributed by atoms with Crippen molar-refractivity contribution in [3.8, 4) is 0 Å². The van der Waals surface area contributed by atoms with Crippen molar-refractivity contribution >= 4 is 24.7 Å². The van der Waals surface area contributed by atoms with Crippen LogP contribution >= 0.6 is 0 Å². The van der Waals surface area contributed by atoms with E-state index in [0.717, 1.165) is 31.4 Å². The Morgan fingerprint density at radius 2 is 1.64 bits per heavy atom. The Morgan fingerprint density at radius 1 is 0.891 bits per heavy atom. The first-order valence-electron chi connectivity index (χ1n) is 18.5. The van der Waals surface area contributed by atoms with Crippen LogP contribution in [-0.2, 0) is 81.1 Å². The molecule has 22 heteroatoms. The number of alkyl carbamates (subject to hydrolysis) is 1. The molecular formula is C33H57N11O11. The Labute approximate surface area is 320 Å². The fourth-order valence-electron chi connectivity index (χ4n) is 5.63. The van der Waals surface area contributed by atoms with Crippen LogP contribution in [-0.4, -0.2) is 146 Å². The summed E-state index contributed by atoms with van der Waals surface area (Å²) in [6, 6.07) is 0. The molecule has 0 radical (unpaired) electrons. The van der Waals surface area contributed by atoms with Gasteiger partial charge in [0.15, 0.2) is 5.96 Å². The molecule has 1 aliphatic rings. The average molecular weight is 784 g/mol. The maximum Gasteiger partial charge on any atom is 0.407 e. The standard InChI is InChI=1S/C33H57N11O11/c1-3-53-33(54-23-24-55-36-2)10-6-4-5-7-28-30(33)40-42-44(28)13-17-49-20-22-50-21-19-48-15-12-38-32(47)52-18-14-43-27(8-9-29(45)46)26(39-41-43)25-51-16-11-37-31(34)35/h2-25H2,1H3,(H,38,47)(H,45,46)(H4,34,35,37).